The molecule has 0 spiro atoms. The summed E-state index contributed by atoms with van der Waals surface area (Å²) in [6.45, 7) is 12.0. The van der Waals surface area contributed by atoms with E-state index in [4.69, 9.17) is 29.9 Å². The van der Waals surface area contributed by atoms with Gasteiger partial charge in [0.15, 0.2) is 0 Å². The number of nitrogen functional groups attached to an aromatic ring is 1. The standard InChI is InChI=1S/C28H33N9O3S/c1-4-22(38)36-10-8-35(9-11-36)21-14-19(31-27(32-21)37-12-13-39-16-17(37)2)25-33-26(40-34-25)28(3)7-5-6-20-23(28)18(15-29)24(30)41-20/h4,14,17H,1,5-13,16,30H2,2-3H3/t17-,28-/m0/s1. The van der Waals surface area contributed by atoms with Gasteiger partial charge in [0, 0.05) is 49.2 Å². The van der Waals surface area contributed by atoms with Gasteiger partial charge in [-0.05, 0) is 39.2 Å². The van der Waals surface area contributed by atoms with Crippen LogP contribution in [-0.4, -0.2) is 82.9 Å². The third-order valence-corrected chi connectivity index (χ3v) is 9.37. The van der Waals surface area contributed by atoms with E-state index in [1.54, 1.807) is 4.90 Å². The first kappa shape index (κ1) is 27.2. The number of nitrogens with zero attached hydrogens (tertiary/aromatic N) is 8. The number of piperazine rings is 1. The molecule has 41 heavy (non-hydrogen) atoms. The number of ether oxygens (including phenoxy) is 1. The summed E-state index contributed by atoms with van der Waals surface area (Å²) in [7, 11) is 0. The van der Waals surface area contributed by atoms with Crippen LogP contribution in [0.3, 0.4) is 0 Å². The molecule has 3 aromatic heterocycles. The lowest BCUT2D eigenvalue weighted by Gasteiger charge is -2.36. The number of rotatable bonds is 5. The van der Waals surface area contributed by atoms with Crippen molar-refractivity contribution in [1.29, 1.82) is 5.26 Å². The molecular formula is C28H33N9O3S. The van der Waals surface area contributed by atoms with Crippen LogP contribution in [0.15, 0.2) is 23.2 Å². The number of nitriles is 1. The fraction of sp³-hybridized carbons (Fsp3) is 0.500. The van der Waals surface area contributed by atoms with E-state index >= 15 is 0 Å². The summed E-state index contributed by atoms with van der Waals surface area (Å²) in [5, 5.41) is 14.8. The zero-order valence-electron chi connectivity index (χ0n) is 23.3. The average Bonchev–Trinajstić information content (AvgIpc) is 3.62. The maximum Gasteiger partial charge on any atom is 0.246 e. The van der Waals surface area contributed by atoms with Crippen molar-refractivity contribution in [1.82, 2.24) is 25.0 Å². The highest BCUT2D eigenvalue weighted by Gasteiger charge is 2.43. The number of aromatic nitrogens is 4. The molecule has 2 aliphatic heterocycles. The number of carbonyl (C=O) groups excluding carboxylic acids is 1. The van der Waals surface area contributed by atoms with E-state index in [0.717, 1.165) is 35.5 Å². The highest BCUT2D eigenvalue weighted by atomic mass is 32.1. The molecule has 0 saturated carbocycles. The van der Waals surface area contributed by atoms with Crippen LogP contribution < -0.4 is 15.5 Å². The minimum atomic E-state index is -0.622. The van der Waals surface area contributed by atoms with Gasteiger partial charge in [-0.15, -0.1) is 11.3 Å². The van der Waals surface area contributed by atoms with Crippen molar-refractivity contribution in [3.05, 3.63) is 40.6 Å². The maximum atomic E-state index is 12.1. The van der Waals surface area contributed by atoms with Crippen molar-refractivity contribution < 1.29 is 14.1 Å². The van der Waals surface area contributed by atoms with Crippen LogP contribution in [0.4, 0.5) is 16.8 Å². The van der Waals surface area contributed by atoms with Gasteiger partial charge in [0.25, 0.3) is 0 Å². The van der Waals surface area contributed by atoms with Crippen molar-refractivity contribution in [3.63, 3.8) is 0 Å². The predicted octanol–water partition coefficient (Wildman–Crippen LogP) is 2.74. The Morgan fingerprint density at radius 3 is 2.80 bits per heavy atom. The first-order valence-electron chi connectivity index (χ1n) is 13.9. The predicted molar refractivity (Wildman–Crippen MR) is 155 cm³/mol. The van der Waals surface area contributed by atoms with Crippen LogP contribution in [0.1, 0.15) is 48.6 Å². The van der Waals surface area contributed by atoms with Crippen LogP contribution >= 0.6 is 11.3 Å². The van der Waals surface area contributed by atoms with Crippen LogP contribution in [0.2, 0.25) is 0 Å². The van der Waals surface area contributed by atoms with E-state index in [1.165, 1.54) is 17.4 Å². The lowest BCUT2D eigenvalue weighted by Crippen LogP contribution is -2.49. The van der Waals surface area contributed by atoms with Crippen molar-refractivity contribution in [2.75, 3.05) is 61.5 Å². The largest absolute Gasteiger partial charge is 0.389 e. The fourth-order valence-electron chi connectivity index (χ4n) is 6.00. The van der Waals surface area contributed by atoms with Gasteiger partial charge in [-0.1, -0.05) is 11.7 Å². The summed E-state index contributed by atoms with van der Waals surface area (Å²) < 4.78 is 11.6. The van der Waals surface area contributed by atoms with E-state index in [2.05, 4.69) is 34.5 Å². The number of thiophene rings is 1. The Hall–Kier alpha value is -4.02. The zero-order chi connectivity index (χ0) is 28.7. The molecule has 0 aromatic carbocycles. The number of hydrogen-bond acceptors (Lipinski definition) is 12. The van der Waals surface area contributed by atoms with E-state index in [1.807, 2.05) is 13.0 Å². The molecule has 3 aromatic rings. The quantitative estimate of drug-likeness (QED) is 0.447. The minimum Gasteiger partial charge on any atom is -0.389 e. The van der Waals surface area contributed by atoms with Gasteiger partial charge in [-0.3, -0.25) is 4.79 Å². The molecule has 3 aliphatic rings. The van der Waals surface area contributed by atoms with Crippen LogP contribution in [0, 0.1) is 11.3 Å². The summed E-state index contributed by atoms with van der Waals surface area (Å²) in [6, 6.07) is 4.28. The van der Waals surface area contributed by atoms with E-state index < -0.39 is 5.41 Å². The van der Waals surface area contributed by atoms with Crippen LogP contribution in [0.25, 0.3) is 11.5 Å². The molecule has 0 unspecified atom stereocenters. The molecule has 1 amide bonds. The summed E-state index contributed by atoms with van der Waals surface area (Å²) in [5.74, 6) is 2.06. The second-order valence-electron chi connectivity index (χ2n) is 10.9. The second-order valence-corrected chi connectivity index (χ2v) is 12.0. The Morgan fingerprint density at radius 1 is 1.27 bits per heavy atom. The number of nitrogens with two attached hydrogens (primary N) is 1. The fourth-order valence-corrected chi connectivity index (χ4v) is 7.19. The van der Waals surface area contributed by atoms with Gasteiger partial charge >= 0.3 is 0 Å². The number of aryl methyl sites for hydroxylation is 1. The third-order valence-electron chi connectivity index (χ3n) is 8.30. The Kier molecular flexibility index (Phi) is 7.13. The molecule has 6 rings (SSSR count). The summed E-state index contributed by atoms with van der Waals surface area (Å²) in [4.78, 5) is 34.0. The molecule has 5 heterocycles. The van der Waals surface area contributed by atoms with Gasteiger partial charge in [0.05, 0.1) is 30.2 Å². The first-order chi connectivity index (χ1) is 19.8. The molecule has 12 nitrogen and oxygen atoms in total. The average molecular weight is 576 g/mol. The lowest BCUT2D eigenvalue weighted by atomic mass is 9.72. The SMILES string of the molecule is C=CC(=O)N1CCN(c2cc(-c3noc([C@@]4(C)CCCc5sc(N)c(C#N)c54)n3)nc(N3CCOC[C@@H]3C)n2)CC1. The van der Waals surface area contributed by atoms with E-state index in [0.29, 0.717) is 79.9 Å². The van der Waals surface area contributed by atoms with Gasteiger partial charge in [0.1, 0.15) is 22.6 Å². The van der Waals surface area contributed by atoms with Gasteiger partial charge < -0.3 is 29.7 Å². The van der Waals surface area contributed by atoms with Crippen molar-refractivity contribution in [2.24, 2.45) is 0 Å². The lowest BCUT2D eigenvalue weighted by molar-refractivity contribution is -0.126. The van der Waals surface area contributed by atoms with Gasteiger partial charge in [-0.25, -0.2) is 4.98 Å². The second kappa shape index (κ2) is 10.8. The Balaban J connectivity index is 1.37. The van der Waals surface area contributed by atoms with Crippen LogP contribution in [-0.2, 0) is 21.4 Å². The Morgan fingerprint density at radius 2 is 2.07 bits per heavy atom. The molecular weight excluding hydrogens is 542 g/mol. The smallest absolute Gasteiger partial charge is 0.246 e. The monoisotopic (exact) mass is 575 g/mol. The highest BCUT2D eigenvalue weighted by Crippen LogP contribution is 2.48. The van der Waals surface area contributed by atoms with Crippen molar-refractivity contribution in [2.45, 2.75) is 44.6 Å². The molecule has 2 N–H and O–H groups in total. The summed E-state index contributed by atoms with van der Waals surface area (Å²) in [5.41, 5.74) is 7.55. The summed E-state index contributed by atoms with van der Waals surface area (Å²) in [6.07, 6.45) is 3.93. The Bertz CT molecular complexity index is 1520. The van der Waals surface area contributed by atoms with Crippen molar-refractivity contribution in [3.8, 4) is 17.6 Å². The molecule has 2 fully saturated rings. The van der Waals surface area contributed by atoms with Gasteiger partial charge in [-0.2, -0.15) is 15.2 Å². The third kappa shape index (κ3) is 4.81. The normalized spacial score (nSPS) is 22.8. The molecule has 1 aliphatic carbocycles. The molecule has 0 radical (unpaired) electrons. The highest BCUT2D eigenvalue weighted by molar-refractivity contribution is 7.16. The Labute approximate surface area is 242 Å². The maximum absolute atomic E-state index is 12.1. The topological polar surface area (TPSA) is 151 Å². The summed E-state index contributed by atoms with van der Waals surface area (Å²) >= 11 is 1.47. The molecule has 13 heteroatoms. The van der Waals surface area contributed by atoms with Crippen molar-refractivity contribution >= 4 is 34.0 Å². The minimum absolute atomic E-state index is 0.0681. The zero-order valence-corrected chi connectivity index (χ0v) is 24.1. The number of fused-ring (bicyclic) bond motifs is 1. The number of anilines is 3. The molecule has 2 saturated heterocycles. The number of carbonyl (C=O) groups is 1. The van der Waals surface area contributed by atoms with Crippen LogP contribution in [0.5, 0.6) is 0 Å². The molecule has 2 atom stereocenters. The number of amides is 1. The molecule has 0 bridgehead atoms. The number of morpholine rings is 1. The van der Waals surface area contributed by atoms with E-state index in [9.17, 15) is 10.1 Å². The van der Waals surface area contributed by atoms with Gasteiger partial charge in [0.2, 0.25) is 23.6 Å². The first-order valence-corrected chi connectivity index (χ1v) is 14.7. The molecule has 214 valence electrons. The van der Waals surface area contributed by atoms with E-state index in [-0.39, 0.29) is 11.9 Å². The number of hydrogen-bond donors (Lipinski definition) is 1.